The van der Waals surface area contributed by atoms with Crippen molar-refractivity contribution < 1.29 is 18.7 Å². The largest absolute Gasteiger partial charge is 0.496 e. The molecule has 94 valence electrons. The molecule has 1 aliphatic heterocycles. The molecule has 1 aromatic carbocycles. The number of carbonyl (C=O) groups is 1. The van der Waals surface area contributed by atoms with Gasteiger partial charge in [0.05, 0.1) is 18.9 Å². The molecule has 18 heavy (non-hydrogen) atoms. The quantitative estimate of drug-likeness (QED) is 0.778. The second kappa shape index (κ2) is 4.05. The molecule has 1 aromatic heterocycles. The van der Waals surface area contributed by atoms with E-state index in [0.29, 0.717) is 16.9 Å². The van der Waals surface area contributed by atoms with E-state index in [4.69, 9.17) is 13.9 Å². The van der Waals surface area contributed by atoms with Gasteiger partial charge in [-0.1, -0.05) is 13.3 Å². The van der Waals surface area contributed by atoms with Crippen molar-refractivity contribution in [2.45, 2.75) is 25.9 Å². The van der Waals surface area contributed by atoms with Gasteiger partial charge in [0.15, 0.2) is 0 Å². The summed E-state index contributed by atoms with van der Waals surface area (Å²) in [5, 5.41) is 0.861. The standard InChI is InChI=1S/C14H14O4/c1-3-4-9-11-10(16-2)7-8-5-6-17-13(8)12(11)14(15)18-9/h5-7,9H,3-4H2,1-2H3/t9-/m1/s1. The van der Waals surface area contributed by atoms with Crippen molar-refractivity contribution in [3.05, 3.63) is 29.5 Å². The number of esters is 1. The van der Waals surface area contributed by atoms with Crippen LogP contribution in [-0.4, -0.2) is 13.1 Å². The van der Waals surface area contributed by atoms with Gasteiger partial charge in [-0.25, -0.2) is 4.79 Å². The molecule has 4 heteroatoms. The van der Waals surface area contributed by atoms with Crippen LogP contribution in [0.2, 0.25) is 0 Å². The molecule has 3 rings (SSSR count). The van der Waals surface area contributed by atoms with E-state index in [1.807, 2.05) is 12.1 Å². The predicted molar refractivity (Wildman–Crippen MR) is 65.8 cm³/mol. The lowest BCUT2D eigenvalue weighted by Gasteiger charge is -2.12. The van der Waals surface area contributed by atoms with E-state index in [9.17, 15) is 4.79 Å². The summed E-state index contributed by atoms with van der Waals surface area (Å²) >= 11 is 0. The average molecular weight is 246 g/mol. The van der Waals surface area contributed by atoms with Crippen LogP contribution in [-0.2, 0) is 4.74 Å². The molecule has 0 fully saturated rings. The van der Waals surface area contributed by atoms with Crippen LogP contribution in [0.1, 0.15) is 41.8 Å². The molecule has 0 amide bonds. The third-order valence-electron chi connectivity index (χ3n) is 3.29. The highest BCUT2D eigenvalue weighted by atomic mass is 16.6. The summed E-state index contributed by atoms with van der Waals surface area (Å²) in [6.45, 7) is 2.06. The van der Waals surface area contributed by atoms with Crippen LogP contribution in [0.25, 0.3) is 11.0 Å². The highest BCUT2D eigenvalue weighted by Gasteiger charge is 2.36. The molecular formula is C14H14O4. The van der Waals surface area contributed by atoms with Gasteiger partial charge >= 0.3 is 5.97 Å². The molecule has 0 aliphatic carbocycles. The molecule has 1 atom stereocenters. The minimum absolute atomic E-state index is 0.220. The lowest BCUT2D eigenvalue weighted by Crippen LogP contribution is -1.99. The second-order valence-electron chi connectivity index (χ2n) is 4.39. The van der Waals surface area contributed by atoms with E-state index in [1.165, 1.54) is 0 Å². The van der Waals surface area contributed by atoms with Crippen LogP contribution in [0.15, 0.2) is 22.8 Å². The van der Waals surface area contributed by atoms with Crippen molar-refractivity contribution in [2.75, 3.05) is 7.11 Å². The normalized spacial score (nSPS) is 17.9. The number of rotatable bonds is 3. The molecule has 0 bridgehead atoms. The van der Waals surface area contributed by atoms with Crippen molar-refractivity contribution in [3.63, 3.8) is 0 Å². The zero-order valence-corrected chi connectivity index (χ0v) is 10.4. The molecular weight excluding hydrogens is 232 g/mol. The predicted octanol–water partition coefficient (Wildman–Crippen LogP) is 3.45. The Kier molecular flexibility index (Phi) is 2.51. The van der Waals surface area contributed by atoms with Gasteiger partial charge in [-0.05, 0) is 18.6 Å². The lowest BCUT2D eigenvalue weighted by atomic mass is 9.99. The summed E-state index contributed by atoms with van der Waals surface area (Å²) in [6, 6.07) is 3.71. The van der Waals surface area contributed by atoms with Crippen LogP contribution in [0.5, 0.6) is 5.75 Å². The molecule has 1 aliphatic rings. The van der Waals surface area contributed by atoms with Crippen LogP contribution in [0.3, 0.4) is 0 Å². The molecule has 4 nitrogen and oxygen atoms in total. The average Bonchev–Trinajstić information content (AvgIpc) is 2.93. The van der Waals surface area contributed by atoms with Crippen molar-refractivity contribution in [2.24, 2.45) is 0 Å². The first-order valence-electron chi connectivity index (χ1n) is 6.05. The fourth-order valence-corrected chi connectivity index (χ4v) is 2.50. The Balaban J connectivity index is 2.29. The van der Waals surface area contributed by atoms with Gasteiger partial charge in [0.1, 0.15) is 23.0 Å². The number of benzene rings is 1. The Labute approximate surface area is 104 Å². The Morgan fingerprint density at radius 1 is 1.44 bits per heavy atom. The van der Waals surface area contributed by atoms with Gasteiger partial charge in [-0.3, -0.25) is 0 Å². The monoisotopic (exact) mass is 246 g/mol. The Morgan fingerprint density at radius 2 is 2.28 bits per heavy atom. The maximum Gasteiger partial charge on any atom is 0.343 e. The van der Waals surface area contributed by atoms with Crippen molar-refractivity contribution in [3.8, 4) is 5.75 Å². The number of ether oxygens (including phenoxy) is 2. The van der Waals surface area contributed by atoms with E-state index < -0.39 is 0 Å². The number of fused-ring (bicyclic) bond motifs is 3. The van der Waals surface area contributed by atoms with E-state index in [0.717, 1.165) is 23.8 Å². The molecule has 0 saturated heterocycles. The van der Waals surface area contributed by atoms with Gasteiger partial charge in [-0.2, -0.15) is 0 Å². The topological polar surface area (TPSA) is 48.7 Å². The molecule has 0 radical (unpaired) electrons. The maximum atomic E-state index is 12.0. The fraction of sp³-hybridized carbons (Fsp3) is 0.357. The number of furan rings is 1. The summed E-state index contributed by atoms with van der Waals surface area (Å²) in [7, 11) is 1.60. The SMILES string of the molecule is CCC[C@H]1OC(=O)c2c1c(OC)cc1ccoc21. The molecule has 2 aromatic rings. The van der Waals surface area contributed by atoms with Gasteiger partial charge in [0.2, 0.25) is 0 Å². The van der Waals surface area contributed by atoms with Gasteiger partial charge in [-0.15, -0.1) is 0 Å². The number of hydrogen-bond acceptors (Lipinski definition) is 4. The first kappa shape index (κ1) is 11.1. The van der Waals surface area contributed by atoms with Crippen LogP contribution >= 0.6 is 0 Å². The van der Waals surface area contributed by atoms with E-state index >= 15 is 0 Å². The summed E-state index contributed by atoms with van der Waals surface area (Å²) in [5.74, 6) is 0.380. The number of carbonyl (C=O) groups excluding carboxylic acids is 1. The Hall–Kier alpha value is -1.97. The highest BCUT2D eigenvalue weighted by molar-refractivity contribution is 6.06. The number of cyclic esters (lactones) is 1. The van der Waals surface area contributed by atoms with Crippen molar-refractivity contribution in [1.29, 1.82) is 0 Å². The summed E-state index contributed by atoms with van der Waals surface area (Å²) < 4.78 is 16.2. The summed E-state index contributed by atoms with van der Waals surface area (Å²) in [6.07, 6.45) is 3.09. The van der Waals surface area contributed by atoms with Gasteiger partial charge in [0.25, 0.3) is 0 Å². The smallest absolute Gasteiger partial charge is 0.343 e. The van der Waals surface area contributed by atoms with E-state index in [-0.39, 0.29) is 12.1 Å². The number of methoxy groups -OCH3 is 1. The lowest BCUT2D eigenvalue weighted by molar-refractivity contribution is 0.0365. The van der Waals surface area contributed by atoms with E-state index in [1.54, 1.807) is 13.4 Å². The molecule has 0 spiro atoms. The van der Waals surface area contributed by atoms with Crippen LogP contribution in [0.4, 0.5) is 0 Å². The second-order valence-corrected chi connectivity index (χ2v) is 4.39. The Morgan fingerprint density at radius 3 is 3.00 bits per heavy atom. The van der Waals surface area contributed by atoms with Crippen molar-refractivity contribution >= 4 is 16.9 Å². The fourth-order valence-electron chi connectivity index (χ4n) is 2.50. The van der Waals surface area contributed by atoms with Crippen molar-refractivity contribution in [1.82, 2.24) is 0 Å². The third kappa shape index (κ3) is 1.41. The number of hydrogen-bond donors (Lipinski definition) is 0. The minimum Gasteiger partial charge on any atom is -0.496 e. The zero-order chi connectivity index (χ0) is 12.7. The minimum atomic E-state index is -0.317. The van der Waals surface area contributed by atoms with Gasteiger partial charge in [0, 0.05) is 5.39 Å². The highest BCUT2D eigenvalue weighted by Crippen LogP contribution is 2.44. The zero-order valence-electron chi connectivity index (χ0n) is 10.4. The van der Waals surface area contributed by atoms with E-state index in [2.05, 4.69) is 6.92 Å². The maximum absolute atomic E-state index is 12.0. The molecule has 0 unspecified atom stereocenters. The molecule has 0 N–H and O–H groups in total. The summed E-state index contributed by atoms with van der Waals surface area (Å²) in [4.78, 5) is 12.0. The first-order chi connectivity index (χ1) is 8.76. The van der Waals surface area contributed by atoms with Crippen LogP contribution < -0.4 is 4.74 Å². The summed E-state index contributed by atoms with van der Waals surface area (Å²) in [5.41, 5.74) is 1.94. The third-order valence-corrected chi connectivity index (χ3v) is 3.29. The molecule has 0 saturated carbocycles. The Bertz CT molecular complexity index is 612. The molecule has 2 heterocycles. The first-order valence-corrected chi connectivity index (χ1v) is 6.05. The van der Waals surface area contributed by atoms with Crippen LogP contribution in [0, 0.1) is 0 Å². The van der Waals surface area contributed by atoms with Gasteiger partial charge < -0.3 is 13.9 Å².